The summed E-state index contributed by atoms with van der Waals surface area (Å²) in [7, 11) is 0. The zero-order valence-corrected chi connectivity index (χ0v) is 12.9. The molecule has 0 amide bonds. The highest BCUT2D eigenvalue weighted by Crippen LogP contribution is 2.26. The Morgan fingerprint density at radius 3 is 2.90 bits per heavy atom. The van der Waals surface area contributed by atoms with Gasteiger partial charge in [0.1, 0.15) is 0 Å². The van der Waals surface area contributed by atoms with Gasteiger partial charge in [0.15, 0.2) is 0 Å². The molecule has 0 saturated carbocycles. The van der Waals surface area contributed by atoms with E-state index in [0.29, 0.717) is 18.3 Å². The first-order valence-corrected chi connectivity index (χ1v) is 7.30. The van der Waals surface area contributed by atoms with E-state index in [0.717, 1.165) is 22.9 Å². The maximum Gasteiger partial charge on any atom is 0.248 e. The molecule has 2 rings (SSSR count). The maximum absolute atomic E-state index is 5.64. The summed E-state index contributed by atoms with van der Waals surface area (Å²) in [6.45, 7) is 2.58. The Hall–Kier alpha value is -1.64. The van der Waals surface area contributed by atoms with E-state index >= 15 is 0 Å². The third-order valence-corrected chi connectivity index (χ3v) is 3.54. The molecule has 0 spiro atoms. The number of aromatic nitrogens is 2. The minimum absolute atomic E-state index is 0.0406. The number of hydrogen-bond donors (Lipinski definition) is 1. The molecule has 1 aromatic heterocycles. The van der Waals surface area contributed by atoms with Crippen molar-refractivity contribution >= 4 is 15.9 Å². The van der Waals surface area contributed by atoms with Crippen LogP contribution < -0.4 is 5.32 Å². The lowest BCUT2D eigenvalue weighted by molar-refractivity contribution is 0.456. The Labute approximate surface area is 127 Å². The Bertz CT molecular complexity index is 603. The Morgan fingerprint density at radius 2 is 2.20 bits per heavy atom. The molecule has 0 aliphatic carbocycles. The summed E-state index contributed by atoms with van der Waals surface area (Å²) in [4.78, 5) is 0. The van der Waals surface area contributed by atoms with E-state index in [4.69, 9.17) is 10.8 Å². The van der Waals surface area contributed by atoms with E-state index in [9.17, 15) is 0 Å². The minimum Gasteiger partial charge on any atom is -0.419 e. The van der Waals surface area contributed by atoms with Crippen molar-refractivity contribution < 1.29 is 4.42 Å². The first-order chi connectivity index (χ1) is 9.74. The Kier molecular flexibility index (Phi) is 5.33. The van der Waals surface area contributed by atoms with Crippen LogP contribution >= 0.6 is 15.9 Å². The van der Waals surface area contributed by atoms with Crippen molar-refractivity contribution in [1.82, 2.24) is 15.5 Å². The van der Waals surface area contributed by atoms with E-state index < -0.39 is 0 Å². The predicted octanol–water partition coefficient (Wildman–Crippen LogP) is 3.39. The second kappa shape index (κ2) is 7.22. The van der Waals surface area contributed by atoms with Gasteiger partial charge in [0.05, 0.1) is 18.2 Å². The summed E-state index contributed by atoms with van der Waals surface area (Å²) in [5.41, 5.74) is 0.883. The van der Waals surface area contributed by atoms with Crippen molar-refractivity contribution in [3.8, 4) is 23.8 Å². The normalized spacial score (nSPS) is 12.1. The standard InChI is InChI=1S/C15H16BrN3O/c1-3-7-11(4-2)17-10-14-18-19-15(20-14)12-8-5-6-9-13(12)16/h2,5-6,8-9,11,17H,3,7,10H2,1H3. The molecule has 1 unspecified atom stereocenters. The molecule has 1 heterocycles. The number of terminal acetylenes is 1. The third kappa shape index (κ3) is 3.69. The van der Waals surface area contributed by atoms with Crippen LogP contribution in [0.3, 0.4) is 0 Å². The molecule has 0 aliphatic heterocycles. The summed E-state index contributed by atoms with van der Waals surface area (Å²) in [6, 6.07) is 7.77. The van der Waals surface area contributed by atoms with Gasteiger partial charge in [-0.1, -0.05) is 31.4 Å². The molecule has 104 valence electrons. The first kappa shape index (κ1) is 14.8. The molecule has 1 N–H and O–H groups in total. The number of nitrogens with zero attached hydrogens (tertiary/aromatic N) is 2. The molecule has 1 atom stereocenters. The van der Waals surface area contributed by atoms with Crippen LogP contribution in [0.4, 0.5) is 0 Å². The molecular formula is C15H16BrN3O. The fraction of sp³-hybridized carbons (Fsp3) is 0.333. The zero-order valence-electron chi connectivity index (χ0n) is 11.3. The van der Waals surface area contributed by atoms with Crippen molar-refractivity contribution in [2.75, 3.05) is 0 Å². The largest absolute Gasteiger partial charge is 0.419 e. The second-order valence-electron chi connectivity index (χ2n) is 4.37. The molecule has 4 nitrogen and oxygen atoms in total. The Balaban J connectivity index is 2.03. The summed E-state index contributed by atoms with van der Waals surface area (Å²) in [5.74, 6) is 3.75. The summed E-state index contributed by atoms with van der Waals surface area (Å²) >= 11 is 3.47. The average molecular weight is 334 g/mol. The molecule has 0 saturated heterocycles. The van der Waals surface area contributed by atoms with Gasteiger partial charge in [-0.25, -0.2) is 0 Å². The number of rotatable bonds is 6. The van der Waals surface area contributed by atoms with Gasteiger partial charge in [-0.15, -0.1) is 16.6 Å². The second-order valence-corrected chi connectivity index (χ2v) is 5.22. The molecule has 1 aromatic carbocycles. The van der Waals surface area contributed by atoms with Gasteiger partial charge in [0.25, 0.3) is 0 Å². The van der Waals surface area contributed by atoms with E-state index in [1.165, 1.54) is 0 Å². The molecular weight excluding hydrogens is 318 g/mol. The van der Waals surface area contributed by atoms with Crippen LogP contribution in [0.15, 0.2) is 33.2 Å². The van der Waals surface area contributed by atoms with Gasteiger partial charge in [0.2, 0.25) is 11.8 Å². The fourth-order valence-corrected chi connectivity index (χ4v) is 2.27. The summed E-state index contributed by atoms with van der Waals surface area (Å²) < 4.78 is 6.57. The number of hydrogen-bond acceptors (Lipinski definition) is 4. The minimum atomic E-state index is 0.0406. The lowest BCUT2D eigenvalue weighted by atomic mass is 10.2. The van der Waals surface area contributed by atoms with Crippen LogP contribution in [-0.4, -0.2) is 16.2 Å². The SMILES string of the molecule is C#CC(CCC)NCc1nnc(-c2ccccc2Br)o1. The van der Waals surface area contributed by atoms with Crippen molar-refractivity contribution in [2.45, 2.75) is 32.4 Å². The molecule has 20 heavy (non-hydrogen) atoms. The average Bonchev–Trinajstić information content (AvgIpc) is 2.92. The van der Waals surface area contributed by atoms with Crippen LogP contribution in [0, 0.1) is 12.3 Å². The molecule has 0 bridgehead atoms. The summed E-state index contributed by atoms with van der Waals surface area (Å²) in [6.07, 6.45) is 7.42. The zero-order chi connectivity index (χ0) is 14.4. The van der Waals surface area contributed by atoms with Gasteiger partial charge >= 0.3 is 0 Å². The van der Waals surface area contributed by atoms with E-state index in [1.807, 2.05) is 24.3 Å². The van der Waals surface area contributed by atoms with Crippen molar-refractivity contribution in [3.05, 3.63) is 34.6 Å². The van der Waals surface area contributed by atoms with Crippen molar-refractivity contribution in [2.24, 2.45) is 0 Å². The first-order valence-electron chi connectivity index (χ1n) is 6.51. The molecule has 0 fully saturated rings. The van der Waals surface area contributed by atoms with Gasteiger partial charge in [-0.2, -0.15) is 0 Å². The van der Waals surface area contributed by atoms with Crippen molar-refractivity contribution in [1.29, 1.82) is 0 Å². The summed E-state index contributed by atoms with van der Waals surface area (Å²) in [5, 5.41) is 11.3. The topological polar surface area (TPSA) is 51.0 Å². The highest BCUT2D eigenvalue weighted by Gasteiger charge is 2.12. The molecule has 2 aromatic rings. The quantitative estimate of drug-likeness (QED) is 0.823. The van der Waals surface area contributed by atoms with E-state index in [1.54, 1.807) is 0 Å². The van der Waals surface area contributed by atoms with E-state index in [2.05, 4.69) is 44.3 Å². The molecule has 5 heteroatoms. The highest BCUT2D eigenvalue weighted by atomic mass is 79.9. The van der Waals surface area contributed by atoms with E-state index in [-0.39, 0.29) is 6.04 Å². The van der Waals surface area contributed by atoms with Gasteiger partial charge in [0, 0.05) is 4.47 Å². The van der Waals surface area contributed by atoms with Gasteiger partial charge in [-0.05, 0) is 34.5 Å². The van der Waals surface area contributed by atoms with Crippen LogP contribution in [0.25, 0.3) is 11.5 Å². The lowest BCUT2D eigenvalue weighted by Crippen LogP contribution is -2.26. The number of halogens is 1. The lowest BCUT2D eigenvalue weighted by Gasteiger charge is -2.09. The maximum atomic E-state index is 5.64. The fourth-order valence-electron chi connectivity index (χ4n) is 1.81. The van der Waals surface area contributed by atoms with Crippen molar-refractivity contribution in [3.63, 3.8) is 0 Å². The molecule has 0 radical (unpaired) electrons. The highest BCUT2D eigenvalue weighted by molar-refractivity contribution is 9.10. The molecule has 0 aliphatic rings. The number of benzene rings is 1. The van der Waals surface area contributed by atoms with Crippen LogP contribution in [-0.2, 0) is 6.54 Å². The van der Waals surface area contributed by atoms with Crippen LogP contribution in [0.2, 0.25) is 0 Å². The Morgan fingerprint density at radius 1 is 1.40 bits per heavy atom. The van der Waals surface area contributed by atoms with Gasteiger partial charge in [-0.3, -0.25) is 5.32 Å². The van der Waals surface area contributed by atoms with Crippen LogP contribution in [0.5, 0.6) is 0 Å². The van der Waals surface area contributed by atoms with Crippen LogP contribution in [0.1, 0.15) is 25.7 Å². The third-order valence-electron chi connectivity index (χ3n) is 2.85. The van der Waals surface area contributed by atoms with Gasteiger partial charge < -0.3 is 4.42 Å². The predicted molar refractivity (Wildman–Crippen MR) is 81.8 cm³/mol. The monoisotopic (exact) mass is 333 g/mol. The smallest absolute Gasteiger partial charge is 0.248 e. The number of nitrogens with one attached hydrogen (secondary N) is 1.